The fourth-order valence-electron chi connectivity index (χ4n) is 5.07. The van der Waals surface area contributed by atoms with Gasteiger partial charge in [-0.25, -0.2) is 0 Å². The van der Waals surface area contributed by atoms with Crippen LogP contribution >= 0.6 is 0 Å². The van der Waals surface area contributed by atoms with Crippen molar-refractivity contribution >= 4 is 34.6 Å². The summed E-state index contributed by atoms with van der Waals surface area (Å²) < 4.78 is 11.6. The van der Waals surface area contributed by atoms with E-state index in [1.807, 2.05) is 12.1 Å². The van der Waals surface area contributed by atoms with Crippen LogP contribution in [0.3, 0.4) is 0 Å². The lowest BCUT2D eigenvalue weighted by atomic mass is 9.65. The van der Waals surface area contributed by atoms with Crippen LogP contribution in [0.4, 0.5) is 11.4 Å². The van der Waals surface area contributed by atoms with E-state index in [1.165, 1.54) is 21.9 Å². The molecule has 0 aliphatic carbocycles. The Morgan fingerprint density at radius 3 is 1.89 bits per heavy atom. The van der Waals surface area contributed by atoms with Crippen LogP contribution in [0.5, 0.6) is 11.5 Å². The van der Waals surface area contributed by atoms with E-state index in [1.54, 1.807) is 14.2 Å². The topological polar surface area (TPSA) is 42.5 Å². The van der Waals surface area contributed by atoms with E-state index in [0.717, 1.165) is 45.0 Å². The third-order valence-electron chi connectivity index (χ3n) is 6.94. The highest BCUT2D eigenvalue weighted by Crippen LogP contribution is 2.37. The molecule has 0 spiro atoms. The minimum atomic E-state index is -0.147. The smallest absolute Gasteiger partial charge is 0.409 e. The van der Waals surface area contributed by atoms with E-state index in [9.17, 15) is 0 Å². The fourth-order valence-corrected chi connectivity index (χ4v) is 5.07. The third kappa shape index (κ3) is 3.83. The zero-order valence-electron chi connectivity index (χ0n) is 20.6. The molecule has 6 rings (SSSR count). The van der Waals surface area contributed by atoms with Crippen molar-refractivity contribution in [1.29, 1.82) is 0 Å². The summed E-state index contributed by atoms with van der Waals surface area (Å²) in [5.41, 5.74) is 8.93. The molecule has 0 unspecified atom stereocenters. The summed E-state index contributed by atoms with van der Waals surface area (Å²) in [6.45, 7) is 1.96. The average molecular weight is 470 g/mol. The van der Waals surface area contributed by atoms with E-state index in [4.69, 9.17) is 9.47 Å². The summed E-state index contributed by atoms with van der Waals surface area (Å²) in [4.78, 5) is 0. The van der Waals surface area contributed by atoms with Crippen LogP contribution in [0, 0.1) is 6.92 Å². The largest absolute Gasteiger partial charge is 0.497 e. The van der Waals surface area contributed by atoms with Gasteiger partial charge in [0, 0.05) is 27.8 Å². The summed E-state index contributed by atoms with van der Waals surface area (Å²) >= 11 is 0. The molecular weight excluding hydrogens is 443 g/mol. The van der Waals surface area contributed by atoms with Gasteiger partial charge < -0.3 is 19.9 Å². The number of hydrogen-bond donors (Lipinski definition) is 2. The average Bonchev–Trinajstić information content (AvgIpc) is 2.93. The molecule has 36 heavy (non-hydrogen) atoms. The number of hydrogen-bond acceptors (Lipinski definition) is 4. The van der Waals surface area contributed by atoms with Crippen LogP contribution in [-0.4, -0.2) is 21.2 Å². The summed E-state index contributed by atoms with van der Waals surface area (Å²) in [6, 6.07) is 34.0. The molecule has 0 saturated heterocycles. The number of anilines is 2. The van der Waals surface area contributed by atoms with Crippen LogP contribution < -0.4 is 25.4 Å². The Bertz CT molecular complexity index is 1540. The van der Waals surface area contributed by atoms with Crippen molar-refractivity contribution in [2.45, 2.75) is 6.92 Å². The van der Waals surface area contributed by atoms with Gasteiger partial charge in [0.05, 0.1) is 14.2 Å². The molecule has 5 aromatic rings. The molecule has 0 aromatic heterocycles. The van der Waals surface area contributed by atoms with Gasteiger partial charge in [0.15, 0.2) is 0 Å². The van der Waals surface area contributed by atoms with Crippen LogP contribution in [0.1, 0.15) is 5.56 Å². The van der Waals surface area contributed by atoms with E-state index in [-0.39, 0.29) is 6.98 Å². The van der Waals surface area contributed by atoms with Crippen LogP contribution in [0.25, 0.3) is 33.0 Å². The van der Waals surface area contributed by atoms with Gasteiger partial charge in [0.2, 0.25) is 0 Å². The molecule has 176 valence electrons. The molecule has 0 amide bonds. The summed E-state index contributed by atoms with van der Waals surface area (Å²) in [6.07, 6.45) is 0. The highest BCUT2D eigenvalue weighted by atomic mass is 16.5. The van der Waals surface area contributed by atoms with Crippen LogP contribution in [-0.2, 0) is 0 Å². The van der Waals surface area contributed by atoms with E-state index in [2.05, 4.69) is 102 Å². The van der Waals surface area contributed by atoms with Crippen molar-refractivity contribution in [2.75, 3.05) is 24.7 Å². The molecule has 1 heterocycles. The summed E-state index contributed by atoms with van der Waals surface area (Å²) in [7, 11) is 3.44. The second kappa shape index (κ2) is 9.01. The van der Waals surface area contributed by atoms with Crippen molar-refractivity contribution in [1.82, 2.24) is 0 Å². The molecule has 5 aromatic carbocycles. The SMILES string of the molecule is COc1ccc(-c2cc(-c3ccc(C)cc3)ccc2OC)cc1B1Nc2cccc3cccc(c23)N1. The number of methoxy groups -OCH3 is 2. The lowest BCUT2D eigenvalue weighted by Gasteiger charge is -2.28. The van der Waals surface area contributed by atoms with Crippen molar-refractivity contribution in [2.24, 2.45) is 0 Å². The van der Waals surface area contributed by atoms with E-state index < -0.39 is 0 Å². The maximum atomic E-state index is 5.80. The molecule has 5 heteroatoms. The summed E-state index contributed by atoms with van der Waals surface area (Å²) in [5, 5.41) is 9.78. The van der Waals surface area contributed by atoms with Crippen molar-refractivity contribution in [3.8, 4) is 33.8 Å². The molecule has 0 saturated carbocycles. The van der Waals surface area contributed by atoms with Gasteiger partial charge >= 0.3 is 6.98 Å². The molecule has 2 N–H and O–H groups in total. The summed E-state index contributed by atoms with van der Waals surface area (Å²) in [5.74, 6) is 1.66. The number of nitrogens with one attached hydrogen (secondary N) is 2. The second-order valence-electron chi connectivity index (χ2n) is 9.17. The van der Waals surface area contributed by atoms with Crippen molar-refractivity contribution in [3.05, 3.63) is 103 Å². The molecule has 1 aliphatic rings. The number of rotatable bonds is 5. The molecule has 0 radical (unpaired) electrons. The molecule has 1 aliphatic heterocycles. The van der Waals surface area contributed by atoms with Gasteiger partial charge in [-0.1, -0.05) is 72.3 Å². The lowest BCUT2D eigenvalue weighted by molar-refractivity contribution is 0.416. The van der Waals surface area contributed by atoms with E-state index >= 15 is 0 Å². The Hall–Kier alpha value is -4.38. The normalized spacial score (nSPS) is 12.1. The van der Waals surface area contributed by atoms with E-state index in [0.29, 0.717) is 0 Å². The number of aryl methyl sites for hydroxylation is 1. The number of benzene rings is 5. The Balaban J connectivity index is 1.44. The predicted octanol–water partition coefficient (Wildman–Crippen LogP) is 6.73. The first-order valence-electron chi connectivity index (χ1n) is 12.1. The predicted molar refractivity (Wildman–Crippen MR) is 152 cm³/mol. The molecular formula is C31H27BN2O2. The Labute approximate surface area is 212 Å². The zero-order valence-corrected chi connectivity index (χ0v) is 20.6. The quantitative estimate of drug-likeness (QED) is 0.280. The van der Waals surface area contributed by atoms with Gasteiger partial charge in [-0.2, -0.15) is 0 Å². The van der Waals surface area contributed by atoms with Crippen molar-refractivity contribution < 1.29 is 9.47 Å². The first-order valence-corrected chi connectivity index (χ1v) is 12.1. The monoisotopic (exact) mass is 470 g/mol. The van der Waals surface area contributed by atoms with Gasteiger partial charge in [-0.05, 0) is 59.3 Å². The van der Waals surface area contributed by atoms with Crippen LogP contribution in [0.2, 0.25) is 0 Å². The van der Waals surface area contributed by atoms with Crippen LogP contribution in [0.15, 0.2) is 97.1 Å². The first-order chi connectivity index (χ1) is 17.6. The minimum Gasteiger partial charge on any atom is -0.497 e. The number of ether oxygens (including phenoxy) is 2. The highest BCUT2D eigenvalue weighted by Gasteiger charge is 2.28. The fraction of sp³-hybridized carbons (Fsp3) is 0.0968. The Morgan fingerprint density at radius 1 is 0.611 bits per heavy atom. The highest BCUT2D eigenvalue weighted by molar-refractivity contribution is 6.81. The lowest BCUT2D eigenvalue weighted by Crippen LogP contribution is -2.48. The third-order valence-corrected chi connectivity index (χ3v) is 6.94. The Morgan fingerprint density at radius 2 is 1.22 bits per heavy atom. The van der Waals surface area contributed by atoms with Gasteiger partial charge in [-0.15, -0.1) is 0 Å². The standard InChI is InChI=1S/C31H27BN2O2/c1-20-10-12-21(13-11-20)23-14-16-29(35-2)25(18-23)24-15-17-30(36-3)26(19-24)32-33-27-8-4-6-22-7-5-9-28(34-32)31(22)27/h4-19,33-34H,1-3H3. The minimum absolute atomic E-state index is 0.147. The first kappa shape index (κ1) is 22.1. The molecule has 0 atom stereocenters. The second-order valence-corrected chi connectivity index (χ2v) is 9.17. The van der Waals surface area contributed by atoms with Gasteiger partial charge in [0.25, 0.3) is 0 Å². The van der Waals surface area contributed by atoms with Crippen molar-refractivity contribution in [3.63, 3.8) is 0 Å². The molecule has 0 bridgehead atoms. The maximum Gasteiger partial charge on any atom is 0.409 e. The molecule has 0 fully saturated rings. The van der Waals surface area contributed by atoms with Gasteiger partial charge in [-0.3, -0.25) is 0 Å². The zero-order chi connectivity index (χ0) is 24.6. The Kier molecular flexibility index (Phi) is 5.53. The van der Waals surface area contributed by atoms with Gasteiger partial charge in [0.1, 0.15) is 11.5 Å². The molecule has 4 nitrogen and oxygen atoms in total. The maximum absolute atomic E-state index is 5.80.